The standard InChI is InChI=1S/C18H23NO2S/c1-14(19-22(20)18(2,3)4)15-10-12-17(13-11-15)21-16-8-6-5-7-9-16/h5-14,19H,1-4H3/t14?,22-/m1/s1. The summed E-state index contributed by atoms with van der Waals surface area (Å²) in [5, 5.41) is 0. The Balaban J connectivity index is 1.99. The van der Waals surface area contributed by atoms with E-state index < -0.39 is 11.4 Å². The molecule has 0 radical (unpaired) electrons. The van der Waals surface area contributed by atoms with E-state index in [4.69, 9.17) is 4.74 Å². The molecule has 3 nitrogen and oxygen atoms in total. The second kappa shape index (κ2) is 7.18. The summed E-state index contributed by atoms with van der Waals surface area (Å²) in [7, 11) is 0. The smallest absolute Gasteiger partial charge is 0.136 e. The predicted octanol–water partition coefficient (Wildman–Crippen LogP) is 4.59. The van der Waals surface area contributed by atoms with Crippen LogP contribution in [0.1, 0.15) is 39.3 Å². The van der Waals surface area contributed by atoms with Crippen LogP contribution in [0.25, 0.3) is 0 Å². The molecule has 0 aliphatic heterocycles. The summed E-state index contributed by atoms with van der Waals surface area (Å²) in [5.74, 6) is 1.61. The molecular formula is C18H23NO2S. The molecule has 2 aromatic carbocycles. The van der Waals surface area contributed by atoms with Gasteiger partial charge in [-0.05, 0) is 57.5 Å². The fourth-order valence-electron chi connectivity index (χ4n) is 1.85. The SMILES string of the molecule is CC(N[S@+]([O-])C(C)(C)C)c1ccc(Oc2ccccc2)cc1. The molecule has 4 heteroatoms. The highest BCUT2D eigenvalue weighted by atomic mass is 32.2. The van der Waals surface area contributed by atoms with Crippen LogP contribution in [0.4, 0.5) is 0 Å². The van der Waals surface area contributed by atoms with Crippen LogP contribution in [-0.2, 0) is 11.4 Å². The molecule has 0 saturated heterocycles. The molecule has 0 aliphatic rings. The van der Waals surface area contributed by atoms with E-state index in [9.17, 15) is 4.55 Å². The van der Waals surface area contributed by atoms with E-state index in [1.807, 2.05) is 82.3 Å². The van der Waals surface area contributed by atoms with Crippen molar-refractivity contribution in [2.24, 2.45) is 0 Å². The summed E-state index contributed by atoms with van der Waals surface area (Å²) in [6.07, 6.45) is 0. The molecule has 0 heterocycles. The topological polar surface area (TPSA) is 44.3 Å². The summed E-state index contributed by atoms with van der Waals surface area (Å²) < 4.78 is 20.8. The summed E-state index contributed by atoms with van der Waals surface area (Å²) in [6.45, 7) is 7.88. The summed E-state index contributed by atoms with van der Waals surface area (Å²) in [5.41, 5.74) is 1.08. The van der Waals surface area contributed by atoms with E-state index in [-0.39, 0.29) is 10.8 Å². The lowest BCUT2D eigenvalue weighted by molar-refractivity contribution is 0.482. The van der Waals surface area contributed by atoms with Crippen molar-refractivity contribution in [2.75, 3.05) is 0 Å². The molecule has 22 heavy (non-hydrogen) atoms. The Morgan fingerprint density at radius 1 is 0.955 bits per heavy atom. The fourth-order valence-corrected chi connectivity index (χ4v) is 2.67. The third-order valence-corrected chi connectivity index (χ3v) is 4.88. The van der Waals surface area contributed by atoms with Crippen molar-refractivity contribution in [3.63, 3.8) is 0 Å². The van der Waals surface area contributed by atoms with Crippen LogP contribution in [-0.4, -0.2) is 9.30 Å². The minimum Gasteiger partial charge on any atom is -0.598 e. The van der Waals surface area contributed by atoms with Gasteiger partial charge in [-0.2, -0.15) is 0 Å². The highest BCUT2D eigenvalue weighted by Gasteiger charge is 2.28. The van der Waals surface area contributed by atoms with Gasteiger partial charge in [-0.15, -0.1) is 4.72 Å². The molecule has 1 N–H and O–H groups in total. The first-order chi connectivity index (χ1) is 10.4. The van der Waals surface area contributed by atoms with Crippen molar-refractivity contribution < 1.29 is 9.29 Å². The molecule has 0 aromatic heterocycles. The highest BCUT2D eigenvalue weighted by Crippen LogP contribution is 2.24. The first-order valence-electron chi connectivity index (χ1n) is 7.37. The monoisotopic (exact) mass is 317 g/mol. The molecule has 0 spiro atoms. The van der Waals surface area contributed by atoms with E-state index in [2.05, 4.69) is 4.72 Å². The van der Waals surface area contributed by atoms with Crippen LogP contribution in [0.3, 0.4) is 0 Å². The molecule has 2 rings (SSSR count). The van der Waals surface area contributed by atoms with Crippen LogP contribution in [0.15, 0.2) is 54.6 Å². The van der Waals surface area contributed by atoms with Crippen LogP contribution < -0.4 is 9.46 Å². The maximum atomic E-state index is 12.1. The lowest BCUT2D eigenvalue weighted by Gasteiger charge is -2.26. The van der Waals surface area contributed by atoms with Gasteiger partial charge in [-0.1, -0.05) is 30.3 Å². The van der Waals surface area contributed by atoms with Gasteiger partial charge in [-0.25, -0.2) is 0 Å². The van der Waals surface area contributed by atoms with Gasteiger partial charge >= 0.3 is 0 Å². The molecular weight excluding hydrogens is 294 g/mol. The largest absolute Gasteiger partial charge is 0.598 e. The quantitative estimate of drug-likeness (QED) is 0.820. The minimum atomic E-state index is -1.09. The van der Waals surface area contributed by atoms with Crippen LogP contribution in [0.5, 0.6) is 11.5 Å². The second-order valence-electron chi connectivity index (χ2n) is 6.20. The fraction of sp³-hybridized carbons (Fsp3) is 0.333. The number of nitrogens with one attached hydrogen (secondary N) is 1. The zero-order valence-corrected chi connectivity index (χ0v) is 14.3. The Hall–Kier alpha value is -1.49. The Morgan fingerprint density at radius 3 is 2.05 bits per heavy atom. The van der Waals surface area contributed by atoms with Crippen molar-refractivity contribution in [3.8, 4) is 11.5 Å². The van der Waals surface area contributed by atoms with Gasteiger partial charge in [0.25, 0.3) is 0 Å². The maximum absolute atomic E-state index is 12.1. The summed E-state index contributed by atoms with van der Waals surface area (Å²) in [6, 6.07) is 17.6. The van der Waals surface area contributed by atoms with Gasteiger partial charge in [-0.3, -0.25) is 0 Å². The zero-order chi connectivity index (χ0) is 16.2. The molecule has 2 atom stereocenters. The summed E-state index contributed by atoms with van der Waals surface area (Å²) >= 11 is -1.09. The number of hydrogen-bond acceptors (Lipinski definition) is 3. The average molecular weight is 317 g/mol. The van der Waals surface area contributed by atoms with Crippen LogP contribution in [0, 0.1) is 0 Å². The Morgan fingerprint density at radius 2 is 1.50 bits per heavy atom. The maximum Gasteiger partial charge on any atom is 0.136 e. The first kappa shape index (κ1) is 16.9. The molecule has 2 aromatic rings. The molecule has 0 saturated carbocycles. The van der Waals surface area contributed by atoms with Gasteiger partial charge in [0.05, 0.1) is 6.04 Å². The lowest BCUT2D eigenvalue weighted by Crippen LogP contribution is -2.40. The second-order valence-corrected chi connectivity index (χ2v) is 8.20. The minimum absolute atomic E-state index is 0.0193. The highest BCUT2D eigenvalue weighted by molar-refractivity contribution is 7.90. The van der Waals surface area contributed by atoms with E-state index in [0.29, 0.717) is 0 Å². The van der Waals surface area contributed by atoms with Crippen molar-refractivity contribution in [2.45, 2.75) is 38.5 Å². The summed E-state index contributed by atoms with van der Waals surface area (Å²) in [4.78, 5) is 0. The van der Waals surface area contributed by atoms with E-state index in [1.165, 1.54) is 0 Å². The third kappa shape index (κ3) is 4.77. The van der Waals surface area contributed by atoms with E-state index in [0.717, 1.165) is 17.1 Å². The third-order valence-electron chi connectivity index (χ3n) is 3.20. The molecule has 0 fully saturated rings. The number of rotatable bonds is 5. The van der Waals surface area contributed by atoms with Crippen molar-refractivity contribution in [3.05, 3.63) is 60.2 Å². The average Bonchev–Trinajstić information content (AvgIpc) is 2.48. The zero-order valence-electron chi connectivity index (χ0n) is 13.5. The molecule has 0 aliphatic carbocycles. The Kier molecular flexibility index (Phi) is 5.51. The van der Waals surface area contributed by atoms with Crippen molar-refractivity contribution in [1.29, 1.82) is 0 Å². The molecule has 0 amide bonds. The van der Waals surface area contributed by atoms with Crippen LogP contribution in [0.2, 0.25) is 0 Å². The van der Waals surface area contributed by atoms with E-state index in [1.54, 1.807) is 0 Å². The molecule has 118 valence electrons. The first-order valence-corrected chi connectivity index (χ1v) is 8.52. The number of para-hydroxylation sites is 1. The van der Waals surface area contributed by atoms with Crippen LogP contribution >= 0.6 is 0 Å². The van der Waals surface area contributed by atoms with Gasteiger partial charge in [0.2, 0.25) is 0 Å². The van der Waals surface area contributed by atoms with Gasteiger partial charge in [0, 0.05) is 11.4 Å². The van der Waals surface area contributed by atoms with E-state index >= 15 is 0 Å². The van der Waals surface area contributed by atoms with Crippen molar-refractivity contribution >= 4 is 11.4 Å². The Labute approximate surface area is 136 Å². The van der Waals surface area contributed by atoms with Crippen molar-refractivity contribution in [1.82, 2.24) is 4.72 Å². The van der Waals surface area contributed by atoms with Gasteiger partial charge in [0.1, 0.15) is 16.2 Å². The molecule has 1 unspecified atom stereocenters. The number of benzene rings is 2. The Bertz CT molecular complexity index is 578. The normalized spacial score (nSPS) is 14.4. The predicted molar refractivity (Wildman–Crippen MR) is 92.4 cm³/mol. The number of hydrogen-bond donors (Lipinski definition) is 1. The number of ether oxygens (including phenoxy) is 1. The molecule has 0 bridgehead atoms. The van der Waals surface area contributed by atoms with Gasteiger partial charge < -0.3 is 9.29 Å². The lowest BCUT2D eigenvalue weighted by atomic mass is 10.1. The van der Waals surface area contributed by atoms with Gasteiger partial charge in [0.15, 0.2) is 0 Å².